The fourth-order valence-electron chi connectivity index (χ4n) is 2.54. The fraction of sp³-hybridized carbons (Fsp3) is 0.412. The van der Waals surface area contributed by atoms with E-state index in [9.17, 15) is 0 Å². The minimum Gasteiger partial charge on any atom is -0.497 e. The Balaban J connectivity index is 2.22. The van der Waals surface area contributed by atoms with Crippen molar-refractivity contribution in [1.29, 1.82) is 0 Å². The van der Waals surface area contributed by atoms with Gasteiger partial charge in [-0.2, -0.15) is 0 Å². The van der Waals surface area contributed by atoms with Crippen LogP contribution >= 0.6 is 0 Å². The highest BCUT2D eigenvalue weighted by Gasteiger charge is 2.17. The Morgan fingerprint density at radius 1 is 1.16 bits per heavy atom. The number of methoxy groups -OCH3 is 1. The molecular weight excluding hydrogens is 234 g/mol. The molecule has 0 radical (unpaired) electrons. The molecule has 2 rings (SSSR count). The lowest BCUT2D eigenvalue weighted by atomic mass is 9.86. The summed E-state index contributed by atoms with van der Waals surface area (Å²) in [4.78, 5) is 2.26. The van der Waals surface area contributed by atoms with E-state index in [1.54, 1.807) is 7.11 Å². The summed E-state index contributed by atoms with van der Waals surface area (Å²) in [7, 11) is 5.98. The van der Waals surface area contributed by atoms with E-state index < -0.39 is 0 Å². The van der Waals surface area contributed by atoms with Gasteiger partial charge in [0.15, 0.2) is 0 Å². The van der Waals surface area contributed by atoms with E-state index in [1.165, 1.54) is 11.1 Å². The number of allylic oxidation sites excluding steroid dienone is 3. The molecule has 0 bridgehead atoms. The summed E-state index contributed by atoms with van der Waals surface area (Å²) in [6, 6.07) is 8.48. The van der Waals surface area contributed by atoms with E-state index >= 15 is 0 Å². The molecular formula is C17H23NO. The molecule has 1 aliphatic carbocycles. The largest absolute Gasteiger partial charge is 0.497 e. The van der Waals surface area contributed by atoms with E-state index in [4.69, 9.17) is 4.74 Å². The molecule has 0 saturated heterocycles. The van der Waals surface area contributed by atoms with Crippen LogP contribution in [-0.4, -0.2) is 32.6 Å². The summed E-state index contributed by atoms with van der Waals surface area (Å²) < 4.78 is 5.24. The van der Waals surface area contributed by atoms with Gasteiger partial charge in [0, 0.05) is 12.5 Å². The zero-order valence-corrected chi connectivity index (χ0v) is 12.1. The van der Waals surface area contributed by atoms with Crippen molar-refractivity contribution in [2.24, 2.45) is 0 Å². The van der Waals surface area contributed by atoms with E-state index in [2.05, 4.69) is 61.5 Å². The molecule has 19 heavy (non-hydrogen) atoms. The molecule has 0 fully saturated rings. The van der Waals surface area contributed by atoms with Crippen molar-refractivity contribution in [3.63, 3.8) is 0 Å². The normalized spacial score (nSPS) is 16.3. The molecule has 0 heterocycles. The van der Waals surface area contributed by atoms with E-state index in [0.29, 0.717) is 5.92 Å². The first kappa shape index (κ1) is 13.9. The lowest BCUT2D eigenvalue weighted by Gasteiger charge is -2.25. The van der Waals surface area contributed by atoms with Crippen LogP contribution in [-0.2, 0) is 0 Å². The Kier molecular flexibility index (Phi) is 4.80. The lowest BCUT2D eigenvalue weighted by molar-refractivity contribution is 0.387. The van der Waals surface area contributed by atoms with Gasteiger partial charge in [-0.25, -0.2) is 0 Å². The predicted molar refractivity (Wildman–Crippen MR) is 80.7 cm³/mol. The third-order valence-corrected chi connectivity index (χ3v) is 3.55. The minimum absolute atomic E-state index is 0.478. The Morgan fingerprint density at radius 3 is 2.42 bits per heavy atom. The van der Waals surface area contributed by atoms with Crippen molar-refractivity contribution in [3.8, 4) is 5.75 Å². The maximum absolute atomic E-state index is 5.24. The van der Waals surface area contributed by atoms with Gasteiger partial charge in [0.1, 0.15) is 5.75 Å². The Labute approximate surface area is 116 Å². The molecule has 0 N–H and O–H groups in total. The lowest BCUT2D eigenvalue weighted by Crippen LogP contribution is -2.22. The van der Waals surface area contributed by atoms with Crippen molar-refractivity contribution in [3.05, 3.63) is 53.6 Å². The molecule has 0 aliphatic heterocycles. The van der Waals surface area contributed by atoms with Gasteiger partial charge in [0.2, 0.25) is 0 Å². The molecule has 0 spiro atoms. The summed E-state index contributed by atoms with van der Waals surface area (Å²) >= 11 is 0. The Morgan fingerprint density at radius 2 is 1.89 bits per heavy atom. The van der Waals surface area contributed by atoms with Crippen LogP contribution in [0.4, 0.5) is 0 Å². The summed E-state index contributed by atoms with van der Waals surface area (Å²) in [6.07, 6.45) is 9.03. The molecule has 1 aromatic carbocycles. The van der Waals surface area contributed by atoms with Gasteiger partial charge in [0.05, 0.1) is 7.11 Å². The van der Waals surface area contributed by atoms with Gasteiger partial charge < -0.3 is 9.64 Å². The standard InChI is InChI=1S/C17H23NO/c1-18(2)13-17(14-7-5-4-6-8-14)15-9-11-16(19-3)12-10-15/h4-5,8-12,17H,6-7,13H2,1-3H3/t17-/m1/s1. The first-order valence-electron chi connectivity index (χ1n) is 6.83. The number of ether oxygens (including phenoxy) is 1. The number of benzene rings is 1. The van der Waals surface area contributed by atoms with E-state index in [-0.39, 0.29) is 0 Å². The van der Waals surface area contributed by atoms with Crippen LogP contribution in [0.15, 0.2) is 48.1 Å². The number of likely N-dealkylation sites (N-methyl/N-ethyl adjacent to an activating group) is 1. The second kappa shape index (κ2) is 6.58. The molecule has 1 aliphatic rings. The van der Waals surface area contributed by atoms with Gasteiger partial charge >= 0.3 is 0 Å². The molecule has 2 nitrogen and oxygen atoms in total. The van der Waals surface area contributed by atoms with Crippen molar-refractivity contribution in [2.75, 3.05) is 27.7 Å². The molecule has 1 atom stereocenters. The van der Waals surface area contributed by atoms with Crippen molar-refractivity contribution >= 4 is 0 Å². The molecule has 1 aromatic rings. The minimum atomic E-state index is 0.478. The average molecular weight is 257 g/mol. The Hall–Kier alpha value is -1.54. The van der Waals surface area contributed by atoms with E-state index in [1.807, 2.05) is 0 Å². The van der Waals surface area contributed by atoms with Gasteiger partial charge in [0.25, 0.3) is 0 Å². The van der Waals surface area contributed by atoms with Gasteiger partial charge in [-0.3, -0.25) is 0 Å². The monoisotopic (exact) mass is 257 g/mol. The van der Waals surface area contributed by atoms with Crippen molar-refractivity contribution in [2.45, 2.75) is 18.8 Å². The average Bonchev–Trinajstić information content (AvgIpc) is 2.46. The van der Waals surface area contributed by atoms with Crippen LogP contribution in [0, 0.1) is 0 Å². The van der Waals surface area contributed by atoms with Crippen LogP contribution < -0.4 is 4.74 Å². The van der Waals surface area contributed by atoms with Crippen LogP contribution in [0.5, 0.6) is 5.75 Å². The zero-order chi connectivity index (χ0) is 13.7. The summed E-state index contributed by atoms with van der Waals surface area (Å²) in [5, 5.41) is 0. The second-order valence-corrected chi connectivity index (χ2v) is 5.28. The van der Waals surface area contributed by atoms with Gasteiger partial charge in [-0.15, -0.1) is 0 Å². The van der Waals surface area contributed by atoms with Crippen molar-refractivity contribution in [1.82, 2.24) is 4.90 Å². The molecule has 2 heteroatoms. The van der Waals surface area contributed by atoms with Gasteiger partial charge in [-0.05, 0) is 44.6 Å². The first-order valence-corrected chi connectivity index (χ1v) is 6.83. The van der Waals surface area contributed by atoms with Gasteiger partial charge in [-0.1, -0.05) is 35.9 Å². The maximum Gasteiger partial charge on any atom is 0.118 e. The van der Waals surface area contributed by atoms with Crippen LogP contribution in [0.3, 0.4) is 0 Å². The maximum atomic E-state index is 5.24. The molecule has 0 amide bonds. The molecule has 0 aromatic heterocycles. The highest BCUT2D eigenvalue weighted by molar-refractivity contribution is 5.36. The molecule has 0 unspecified atom stereocenters. The number of hydrogen-bond donors (Lipinski definition) is 0. The molecule has 102 valence electrons. The second-order valence-electron chi connectivity index (χ2n) is 5.28. The summed E-state index contributed by atoms with van der Waals surface area (Å²) in [5.74, 6) is 1.40. The Bertz CT molecular complexity index is 457. The third kappa shape index (κ3) is 3.71. The quantitative estimate of drug-likeness (QED) is 0.747. The smallest absolute Gasteiger partial charge is 0.118 e. The topological polar surface area (TPSA) is 12.5 Å². The van der Waals surface area contributed by atoms with Crippen LogP contribution in [0.1, 0.15) is 24.3 Å². The van der Waals surface area contributed by atoms with Crippen LogP contribution in [0.2, 0.25) is 0 Å². The first-order chi connectivity index (χ1) is 9.20. The van der Waals surface area contributed by atoms with E-state index in [0.717, 1.165) is 25.1 Å². The zero-order valence-electron chi connectivity index (χ0n) is 12.1. The molecule has 0 saturated carbocycles. The fourth-order valence-corrected chi connectivity index (χ4v) is 2.54. The summed E-state index contributed by atoms with van der Waals surface area (Å²) in [5.41, 5.74) is 2.90. The third-order valence-electron chi connectivity index (χ3n) is 3.55. The number of nitrogens with zero attached hydrogens (tertiary/aromatic N) is 1. The number of hydrogen-bond acceptors (Lipinski definition) is 2. The SMILES string of the molecule is COc1ccc([C@H](CN(C)C)C2=CCC=CC2)cc1. The van der Waals surface area contributed by atoms with Crippen molar-refractivity contribution < 1.29 is 4.74 Å². The predicted octanol–water partition coefficient (Wildman–Crippen LogP) is 3.62. The summed E-state index contributed by atoms with van der Waals surface area (Å²) in [6.45, 7) is 1.05. The number of rotatable bonds is 5. The highest BCUT2D eigenvalue weighted by Crippen LogP contribution is 2.31. The van der Waals surface area contributed by atoms with Crippen LogP contribution in [0.25, 0.3) is 0 Å². The highest BCUT2D eigenvalue weighted by atomic mass is 16.5.